The zero-order valence-electron chi connectivity index (χ0n) is 6.70. The molecule has 0 N–H and O–H groups in total. The van der Waals surface area contributed by atoms with Gasteiger partial charge < -0.3 is 4.90 Å². The van der Waals surface area contributed by atoms with E-state index in [1.165, 1.54) is 6.08 Å². The summed E-state index contributed by atoms with van der Waals surface area (Å²) >= 11 is 0. The number of amides is 1. The summed E-state index contributed by atoms with van der Waals surface area (Å²) in [5.41, 5.74) is 0. The topological polar surface area (TPSA) is 37.4 Å². The second-order valence-corrected chi connectivity index (χ2v) is 2.85. The third kappa shape index (κ3) is 1.67. The lowest BCUT2D eigenvalue weighted by atomic mass is 10.1. The Morgan fingerprint density at radius 1 is 1.45 bits per heavy atom. The van der Waals surface area contributed by atoms with E-state index < -0.39 is 0 Å². The van der Waals surface area contributed by atoms with Gasteiger partial charge in [-0.25, -0.2) is 0 Å². The normalized spacial score (nSPS) is 18.3. The third-order valence-electron chi connectivity index (χ3n) is 1.59. The van der Waals surface area contributed by atoms with Gasteiger partial charge in [-0.15, -0.1) is 0 Å². The predicted molar refractivity (Wildman–Crippen MR) is 40.7 cm³/mol. The molecule has 1 heterocycles. The molecule has 1 aliphatic heterocycles. The Kier molecular flexibility index (Phi) is 2.08. The molecule has 0 spiro atoms. The highest BCUT2D eigenvalue weighted by atomic mass is 16.2. The smallest absolute Gasteiger partial charge is 0.234 e. The van der Waals surface area contributed by atoms with E-state index in [2.05, 4.69) is 0 Å². The molecule has 3 heteroatoms. The van der Waals surface area contributed by atoms with Crippen LogP contribution < -0.4 is 0 Å². The second-order valence-electron chi connectivity index (χ2n) is 2.85. The van der Waals surface area contributed by atoms with Crippen LogP contribution in [0.2, 0.25) is 0 Å². The van der Waals surface area contributed by atoms with Gasteiger partial charge in [-0.05, 0) is 19.9 Å². The van der Waals surface area contributed by atoms with Crippen molar-refractivity contribution < 1.29 is 9.59 Å². The minimum atomic E-state index is -0.105. The van der Waals surface area contributed by atoms with Gasteiger partial charge in [0, 0.05) is 12.2 Å². The van der Waals surface area contributed by atoms with E-state index in [1.54, 1.807) is 11.1 Å². The molecule has 1 amide bonds. The molecule has 0 bridgehead atoms. The molecule has 0 radical (unpaired) electrons. The van der Waals surface area contributed by atoms with Gasteiger partial charge in [-0.2, -0.15) is 0 Å². The van der Waals surface area contributed by atoms with E-state index in [0.29, 0.717) is 0 Å². The summed E-state index contributed by atoms with van der Waals surface area (Å²) in [7, 11) is 0. The Labute approximate surface area is 65.7 Å². The van der Waals surface area contributed by atoms with Gasteiger partial charge in [-0.1, -0.05) is 0 Å². The standard InChI is InChI=1S/C8H11NO2/c1-6(2)9-4-3-7(10)5-8(9)11/h3-4,6H,5H2,1-2H3. The van der Waals surface area contributed by atoms with E-state index >= 15 is 0 Å². The molecule has 0 fully saturated rings. The van der Waals surface area contributed by atoms with E-state index in [9.17, 15) is 9.59 Å². The summed E-state index contributed by atoms with van der Waals surface area (Å²) in [6.45, 7) is 3.83. The molecule has 0 aromatic rings. The third-order valence-corrected chi connectivity index (χ3v) is 1.59. The average Bonchev–Trinajstić information content (AvgIpc) is 1.85. The van der Waals surface area contributed by atoms with Gasteiger partial charge in [-0.3, -0.25) is 9.59 Å². The minimum absolute atomic E-state index is 0.0225. The van der Waals surface area contributed by atoms with Gasteiger partial charge in [0.2, 0.25) is 5.91 Å². The average molecular weight is 153 g/mol. The van der Waals surface area contributed by atoms with Crippen molar-refractivity contribution in [2.24, 2.45) is 0 Å². The van der Waals surface area contributed by atoms with Crippen molar-refractivity contribution >= 4 is 11.7 Å². The van der Waals surface area contributed by atoms with Crippen LogP contribution in [0.15, 0.2) is 12.3 Å². The molecule has 0 aromatic carbocycles. The summed E-state index contributed by atoms with van der Waals surface area (Å²) in [6, 6.07) is 0.145. The number of hydrogen-bond acceptors (Lipinski definition) is 2. The SMILES string of the molecule is CC(C)N1C=CC(=O)CC1=O. The first kappa shape index (κ1) is 7.98. The summed E-state index contributed by atoms with van der Waals surface area (Å²) < 4.78 is 0. The fraction of sp³-hybridized carbons (Fsp3) is 0.500. The Hall–Kier alpha value is -1.12. The second kappa shape index (κ2) is 2.86. The highest BCUT2D eigenvalue weighted by Gasteiger charge is 2.20. The van der Waals surface area contributed by atoms with Crippen molar-refractivity contribution in [3.63, 3.8) is 0 Å². The van der Waals surface area contributed by atoms with Crippen LogP contribution in [0, 0.1) is 0 Å². The Bertz CT molecular complexity index is 218. The maximum Gasteiger partial charge on any atom is 0.234 e. The molecule has 60 valence electrons. The zero-order valence-corrected chi connectivity index (χ0v) is 6.70. The molecular weight excluding hydrogens is 142 g/mol. The highest BCUT2D eigenvalue weighted by molar-refractivity contribution is 6.06. The monoisotopic (exact) mass is 153 g/mol. The van der Waals surface area contributed by atoms with Crippen molar-refractivity contribution in [2.45, 2.75) is 26.3 Å². The quantitative estimate of drug-likeness (QED) is 0.520. The van der Waals surface area contributed by atoms with E-state index in [1.807, 2.05) is 13.8 Å². The lowest BCUT2D eigenvalue weighted by molar-refractivity contribution is -0.134. The van der Waals surface area contributed by atoms with Crippen molar-refractivity contribution in [2.75, 3.05) is 0 Å². The summed E-state index contributed by atoms with van der Waals surface area (Å²) in [6.07, 6.45) is 3.02. The van der Waals surface area contributed by atoms with Crippen LogP contribution in [0.3, 0.4) is 0 Å². The van der Waals surface area contributed by atoms with Crippen molar-refractivity contribution in [1.29, 1.82) is 0 Å². The summed E-state index contributed by atoms with van der Waals surface area (Å²) in [5.74, 6) is -0.209. The molecule has 11 heavy (non-hydrogen) atoms. The van der Waals surface area contributed by atoms with Gasteiger partial charge in [0.25, 0.3) is 0 Å². The fourth-order valence-corrected chi connectivity index (χ4v) is 1.01. The number of carbonyl (C=O) groups excluding carboxylic acids is 2. The summed E-state index contributed by atoms with van der Waals surface area (Å²) in [5, 5.41) is 0. The fourth-order valence-electron chi connectivity index (χ4n) is 1.01. The van der Waals surface area contributed by atoms with Crippen molar-refractivity contribution in [1.82, 2.24) is 4.90 Å². The number of carbonyl (C=O) groups is 2. The number of hydrogen-bond donors (Lipinski definition) is 0. The van der Waals surface area contributed by atoms with Gasteiger partial charge in [0.15, 0.2) is 5.78 Å². The molecule has 3 nitrogen and oxygen atoms in total. The van der Waals surface area contributed by atoms with Gasteiger partial charge in [0.05, 0.1) is 6.42 Å². The van der Waals surface area contributed by atoms with Crippen molar-refractivity contribution in [3.8, 4) is 0 Å². The highest BCUT2D eigenvalue weighted by Crippen LogP contribution is 2.08. The van der Waals surface area contributed by atoms with E-state index in [4.69, 9.17) is 0 Å². The van der Waals surface area contributed by atoms with Crippen LogP contribution in [0.25, 0.3) is 0 Å². The van der Waals surface area contributed by atoms with E-state index in [0.717, 1.165) is 0 Å². The maximum absolute atomic E-state index is 11.1. The molecule has 0 saturated heterocycles. The predicted octanol–water partition coefficient (Wildman–Crippen LogP) is 0.710. The summed E-state index contributed by atoms with van der Waals surface area (Å²) in [4.78, 5) is 23.4. The van der Waals surface area contributed by atoms with E-state index in [-0.39, 0.29) is 24.2 Å². The molecule has 0 aliphatic carbocycles. The van der Waals surface area contributed by atoms with Crippen LogP contribution in [-0.2, 0) is 9.59 Å². The van der Waals surface area contributed by atoms with Crippen LogP contribution >= 0.6 is 0 Å². The lowest BCUT2D eigenvalue weighted by Crippen LogP contribution is -2.35. The molecule has 0 aromatic heterocycles. The first-order valence-electron chi connectivity index (χ1n) is 3.63. The molecule has 0 saturated carbocycles. The Morgan fingerprint density at radius 2 is 2.09 bits per heavy atom. The molecular formula is C8H11NO2. The Morgan fingerprint density at radius 3 is 2.55 bits per heavy atom. The number of allylic oxidation sites excluding steroid dienone is 1. The largest absolute Gasteiger partial charge is 0.316 e. The first-order valence-corrected chi connectivity index (χ1v) is 3.63. The lowest BCUT2D eigenvalue weighted by Gasteiger charge is -2.24. The van der Waals surface area contributed by atoms with Crippen LogP contribution in [0.1, 0.15) is 20.3 Å². The number of nitrogens with zero attached hydrogens (tertiary/aromatic N) is 1. The van der Waals surface area contributed by atoms with Crippen LogP contribution in [0.4, 0.5) is 0 Å². The van der Waals surface area contributed by atoms with Crippen molar-refractivity contribution in [3.05, 3.63) is 12.3 Å². The van der Waals surface area contributed by atoms with Gasteiger partial charge >= 0.3 is 0 Å². The van der Waals surface area contributed by atoms with Crippen LogP contribution in [-0.4, -0.2) is 22.6 Å². The maximum atomic E-state index is 11.1. The minimum Gasteiger partial charge on any atom is -0.316 e. The molecule has 1 aliphatic rings. The first-order chi connectivity index (χ1) is 5.11. The Balaban J connectivity index is 2.76. The zero-order chi connectivity index (χ0) is 8.43. The molecule has 0 unspecified atom stereocenters. The number of ketones is 1. The molecule has 0 atom stereocenters. The number of rotatable bonds is 1. The van der Waals surface area contributed by atoms with Crippen LogP contribution in [0.5, 0.6) is 0 Å². The van der Waals surface area contributed by atoms with Gasteiger partial charge in [0.1, 0.15) is 0 Å². The molecule has 1 rings (SSSR count).